The lowest BCUT2D eigenvalue weighted by Crippen LogP contribution is -2.55. The van der Waals surface area contributed by atoms with Crippen LogP contribution in [0.4, 0.5) is 0 Å². The first-order valence-corrected chi connectivity index (χ1v) is 5.31. The monoisotopic (exact) mass is 200 g/mol. The molecule has 1 unspecified atom stereocenters. The van der Waals surface area contributed by atoms with E-state index < -0.39 is 0 Å². The van der Waals surface area contributed by atoms with E-state index in [1.54, 1.807) is 6.92 Å². The fourth-order valence-electron chi connectivity index (χ4n) is 1.87. The second kappa shape index (κ2) is 4.75. The van der Waals surface area contributed by atoms with Gasteiger partial charge < -0.3 is 15.7 Å². The van der Waals surface area contributed by atoms with Gasteiger partial charge in [-0.2, -0.15) is 0 Å². The van der Waals surface area contributed by atoms with Crippen LogP contribution >= 0.6 is 0 Å². The summed E-state index contributed by atoms with van der Waals surface area (Å²) >= 11 is 0. The van der Waals surface area contributed by atoms with Crippen LogP contribution in [0, 0.1) is 0 Å². The molecule has 2 atom stereocenters. The zero-order valence-corrected chi connectivity index (χ0v) is 8.97. The number of carbonyl (C=O) groups excluding carboxylic acids is 1. The van der Waals surface area contributed by atoms with E-state index in [0.717, 1.165) is 25.8 Å². The van der Waals surface area contributed by atoms with Gasteiger partial charge in [-0.05, 0) is 32.7 Å². The Morgan fingerprint density at radius 3 is 2.86 bits per heavy atom. The second-order valence-corrected chi connectivity index (χ2v) is 4.02. The Labute approximate surface area is 85.1 Å². The van der Waals surface area contributed by atoms with Crippen molar-refractivity contribution in [2.24, 2.45) is 0 Å². The quantitative estimate of drug-likeness (QED) is 0.599. The molecule has 0 aromatic carbocycles. The molecule has 1 aliphatic rings. The molecule has 3 N–H and O–H groups in total. The van der Waals surface area contributed by atoms with Crippen LogP contribution in [-0.2, 0) is 4.79 Å². The van der Waals surface area contributed by atoms with E-state index in [-0.39, 0.29) is 24.1 Å². The number of aliphatic hydroxyl groups is 1. The largest absolute Gasteiger partial charge is 0.394 e. The molecule has 1 heterocycles. The predicted octanol–water partition coefficient (Wildman–Crippen LogP) is 0.0156. The highest BCUT2D eigenvalue weighted by molar-refractivity contribution is 5.86. The lowest BCUT2D eigenvalue weighted by Gasteiger charge is -2.28. The molecule has 4 heteroatoms. The summed E-state index contributed by atoms with van der Waals surface area (Å²) in [5, 5.41) is 14.9. The summed E-state index contributed by atoms with van der Waals surface area (Å²) in [5.74, 6) is 0.0269. The van der Waals surface area contributed by atoms with Crippen molar-refractivity contribution < 1.29 is 9.90 Å². The highest BCUT2D eigenvalue weighted by Crippen LogP contribution is 2.23. The maximum atomic E-state index is 11.9. The highest BCUT2D eigenvalue weighted by atomic mass is 16.3. The SMILES string of the molecule is CCC1(C(=O)N[C@@H](C)CO)CCCN1. The summed E-state index contributed by atoms with van der Waals surface area (Å²) in [5.41, 5.74) is -0.385. The third kappa shape index (κ3) is 2.25. The Hall–Kier alpha value is -0.610. The second-order valence-electron chi connectivity index (χ2n) is 4.02. The van der Waals surface area contributed by atoms with Gasteiger partial charge >= 0.3 is 0 Å². The molecule has 82 valence electrons. The Bertz CT molecular complexity index is 200. The summed E-state index contributed by atoms with van der Waals surface area (Å²) < 4.78 is 0. The Morgan fingerprint density at radius 1 is 1.71 bits per heavy atom. The number of rotatable bonds is 4. The van der Waals surface area contributed by atoms with Crippen LogP contribution in [0.5, 0.6) is 0 Å². The van der Waals surface area contributed by atoms with Crippen molar-refractivity contribution in [3.63, 3.8) is 0 Å². The van der Waals surface area contributed by atoms with Crippen molar-refractivity contribution in [2.45, 2.75) is 44.7 Å². The topological polar surface area (TPSA) is 61.4 Å². The number of hydrogen-bond acceptors (Lipinski definition) is 3. The Kier molecular flexibility index (Phi) is 3.89. The maximum absolute atomic E-state index is 11.9. The van der Waals surface area contributed by atoms with Gasteiger partial charge in [0, 0.05) is 6.04 Å². The molecule has 0 saturated carbocycles. The average Bonchev–Trinajstić information content (AvgIpc) is 2.67. The van der Waals surface area contributed by atoms with Crippen molar-refractivity contribution in [2.75, 3.05) is 13.2 Å². The van der Waals surface area contributed by atoms with Gasteiger partial charge in [0.15, 0.2) is 0 Å². The number of aliphatic hydroxyl groups excluding tert-OH is 1. The van der Waals surface area contributed by atoms with Gasteiger partial charge in [0.05, 0.1) is 12.1 Å². The Balaban J connectivity index is 2.56. The first-order chi connectivity index (χ1) is 6.64. The average molecular weight is 200 g/mol. The van der Waals surface area contributed by atoms with Gasteiger partial charge in [-0.15, -0.1) is 0 Å². The molecule has 1 fully saturated rings. The van der Waals surface area contributed by atoms with Crippen LogP contribution in [-0.4, -0.2) is 35.7 Å². The van der Waals surface area contributed by atoms with Crippen LogP contribution in [0.2, 0.25) is 0 Å². The van der Waals surface area contributed by atoms with Crippen molar-refractivity contribution >= 4 is 5.91 Å². The first kappa shape index (κ1) is 11.5. The molecule has 0 spiro atoms. The molecular weight excluding hydrogens is 180 g/mol. The van der Waals surface area contributed by atoms with E-state index in [4.69, 9.17) is 5.11 Å². The summed E-state index contributed by atoms with van der Waals surface area (Å²) in [4.78, 5) is 11.9. The van der Waals surface area contributed by atoms with E-state index in [9.17, 15) is 4.79 Å². The number of amides is 1. The van der Waals surface area contributed by atoms with Gasteiger partial charge in [-0.3, -0.25) is 4.79 Å². The molecule has 1 rings (SSSR count). The highest BCUT2D eigenvalue weighted by Gasteiger charge is 2.39. The Morgan fingerprint density at radius 2 is 2.43 bits per heavy atom. The lowest BCUT2D eigenvalue weighted by molar-refractivity contribution is -0.128. The van der Waals surface area contributed by atoms with Gasteiger partial charge in [0.1, 0.15) is 0 Å². The van der Waals surface area contributed by atoms with Crippen LogP contribution in [0.25, 0.3) is 0 Å². The fourth-order valence-corrected chi connectivity index (χ4v) is 1.87. The predicted molar refractivity (Wildman–Crippen MR) is 54.9 cm³/mol. The van der Waals surface area contributed by atoms with E-state index >= 15 is 0 Å². The third-order valence-corrected chi connectivity index (χ3v) is 2.93. The molecule has 1 aliphatic heterocycles. The standard InChI is InChI=1S/C10H20N2O2/c1-3-10(5-4-6-11-10)9(14)12-8(2)7-13/h8,11,13H,3-7H2,1-2H3,(H,12,14)/t8-,10?/m0/s1. The molecule has 0 aromatic rings. The summed E-state index contributed by atoms with van der Waals surface area (Å²) in [6.07, 6.45) is 2.75. The zero-order valence-electron chi connectivity index (χ0n) is 8.97. The molecule has 4 nitrogen and oxygen atoms in total. The smallest absolute Gasteiger partial charge is 0.240 e. The molecule has 0 aromatic heterocycles. The number of nitrogens with one attached hydrogen (secondary N) is 2. The normalized spacial score (nSPS) is 28.8. The van der Waals surface area contributed by atoms with Crippen molar-refractivity contribution in [3.8, 4) is 0 Å². The zero-order chi connectivity index (χ0) is 10.6. The molecule has 0 radical (unpaired) electrons. The molecular formula is C10H20N2O2. The van der Waals surface area contributed by atoms with Gasteiger partial charge in [-0.25, -0.2) is 0 Å². The molecule has 1 amide bonds. The van der Waals surface area contributed by atoms with Crippen molar-refractivity contribution in [1.29, 1.82) is 0 Å². The van der Waals surface area contributed by atoms with Gasteiger partial charge in [0.25, 0.3) is 0 Å². The van der Waals surface area contributed by atoms with E-state index in [2.05, 4.69) is 10.6 Å². The van der Waals surface area contributed by atoms with Gasteiger partial charge in [-0.1, -0.05) is 6.92 Å². The minimum Gasteiger partial charge on any atom is -0.394 e. The van der Waals surface area contributed by atoms with Crippen LogP contribution < -0.4 is 10.6 Å². The lowest BCUT2D eigenvalue weighted by atomic mass is 9.93. The summed E-state index contributed by atoms with van der Waals surface area (Å²) in [7, 11) is 0. The number of carbonyl (C=O) groups is 1. The summed E-state index contributed by atoms with van der Waals surface area (Å²) in [6, 6.07) is -0.159. The van der Waals surface area contributed by atoms with E-state index in [1.165, 1.54) is 0 Å². The van der Waals surface area contributed by atoms with Crippen molar-refractivity contribution in [1.82, 2.24) is 10.6 Å². The molecule has 14 heavy (non-hydrogen) atoms. The van der Waals surface area contributed by atoms with Gasteiger partial charge in [0.2, 0.25) is 5.91 Å². The fraction of sp³-hybridized carbons (Fsp3) is 0.900. The van der Waals surface area contributed by atoms with Crippen LogP contribution in [0.15, 0.2) is 0 Å². The molecule has 0 bridgehead atoms. The molecule has 0 aliphatic carbocycles. The minimum atomic E-state index is -0.385. The molecule has 1 saturated heterocycles. The third-order valence-electron chi connectivity index (χ3n) is 2.93. The van der Waals surface area contributed by atoms with E-state index in [0.29, 0.717) is 0 Å². The van der Waals surface area contributed by atoms with Crippen LogP contribution in [0.1, 0.15) is 33.1 Å². The minimum absolute atomic E-state index is 0.00840. The first-order valence-electron chi connectivity index (χ1n) is 5.31. The summed E-state index contributed by atoms with van der Waals surface area (Å²) in [6.45, 7) is 4.72. The van der Waals surface area contributed by atoms with Crippen LogP contribution in [0.3, 0.4) is 0 Å². The number of hydrogen-bond donors (Lipinski definition) is 3. The van der Waals surface area contributed by atoms with E-state index in [1.807, 2.05) is 6.92 Å². The maximum Gasteiger partial charge on any atom is 0.240 e. The van der Waals surface area contributed by atoms with Crippen molar-refractivity contribution in [3.05, 3.63) is 0 Å².